The van der Waals surface area contributed by atoms with E-state index in [1.807, 2.05) is 18.2 Å². The number of methoxy groups -OCH3 is 2. The van der Waals surface area contributed by atoms with E-state index < -0.39 is 11.9 Å². The fourth-order valence-corrected chi connectivity index (χ4v) is 3.70. The molecule has 1 amide bonds. The SMILES string of the molecule is COC(=O)C(=O)Nc1cc(Br)c(Oc2ccc(OC)c(C(C)C)c2)c(Br)c1. The lowest BCUT2D eigenvalue weighted by Crippen LogP contribution is -2.23. The van der Waals surface area contributed by atoms with Crippen LogP contribution in [0.1, 0.15) is 25.3 Å². The Hall–Kier alpha value is -2.06. The molecule has 0 saturated heterocycles. The first kappa shape index (κ1) is 21.2. The van der Waals surface area contributed by atoms with Crippen LogP contribution in [0, 0.1) is 0 Å². The number of rotatable bonds is 5. The number of hydrogen-bond donors (Lipinski definition) is 1. The highest BCUT2D eigenvalue weighted by atomic mass is 79.9. The molecule has 0 aliphatic carbocycles. The number of carbonyl (C=O) groups is 2. The van der Waals surface area contributed by atoms with Crippen molar-refractivity contribution in [3.63, 3.8) is 0 Å². The molecule has 0 radical (unpaired) electrons. The van der Waals surface area contributed by atoms with Crippen LogP contribution < -0.4 is 14.8 Å². The first-order chi connectivity index (χ1) is 12.8. The third-order valence-electron chi connectivity index (χ3n) is 3.67. The van der Waals surface area contributed by atoms with E-state index in [0.717, 1.165) is 18.4 Å². The highest BCUT2D eigenvalue weighted by Gasteiger charge is 2.17. The first-order valence-electron chi connectivity index (χ1n) is 8.01. The number of benzene rings is 2. The third-order valence-corrected chi connectivity index (χ3v) is 4.85. The molecule has 2 aromatic carbocycles. The molecule has 0 heterocycles. The van der Waals surface area contributed by atoms with Crippen molar-refractivity contribution in [2.24, 2.45) is 0 Å². The van der Waals surface area contributed by atoms with Gasteiger partial charge >= 0.3 is 11.9 Å². The molecule has 0 aromatic heterocycles. The quantitative estimate of drug-likeness (QED) is 0.448. The zero-order valence-corrected chi connectivity index (χ0v) is 18.4. The number of halogens is 2. The molecular formula is C19H19Br2NO5. The fourth-order valence-electron chi connectivity index (χ4n) is 2.35. The van der Waals surface area contributed by atoms with E-state index in [-0.39, 0.29) is 5.92 Å². The molecule has 0 aliphatic heterocycles. The molecule has 0 fully saturated rings. The van der Waals surface area contributed by atoms with Crippen molar-refractivity contribution < 1.29 is 23.8 Å². The zero-order valence-electron chi connectivity index (χ0n) is 15.3. The molecule has 2 aromatic rings. The lowest BCUT2D eigenvalue weighted by atomic mass is 10.0. The second-order valence-electron chi connectivity index (χ2n) is 5.88. The highest BCUT2D eigenvalue weighted by Crippen LogP contribution is 2.40. The van der Waals surface area contributed by atoms with Crippen LogP contribution >= 0.6 is 31.9 Å². The number of nitrogens with one attached hydrogen (secondary N) is 1. The van der Waals surface area contributed by atoms with Crippen molar-refractivity contribution >= 4 is 49.4 Å². The monoisotopic (exact) mass is 499 g/mol. The Kier molecular flexibility index (Phi) is 7.26. The van der Waals surface area contributed by atoms with Gasteiger partial charge in [-0.1, -0.05) is 13.8 Å². The van der Waals surface area contributed by atoms with Crippen LogP contribution in [-0.2, 0) is 14.3 Å². The van der Waals surface area contributed by atoms with Crippen LogP contribution in [0.3, 0.4) is 0 Å². The topological polar surface area (TPSA) is 73.9 Å². The van der Waals surface area contributed by atoms with Gasteiger partial charge in [0.1, 0.15) is 11.5 Å². The number of hydrogen-bond acceptors (Lipinski definition) is 5. The molecular weight excluding hydrogens is 482 g/mol. The summed E-state index contributed by atoms with van der Waals surface area (Å²) in [6.45, 7) is 4.15. The van der Waals surface area contributed by atoms with Gasteiger partial charge in [0.25, 0.3) is 0 Å². The van der Waals surface area contributed by atoms with Gasteiger partial charge in [-0.15, -0.1) is 0 Å². The number of anilines is 1. The minimum atomic E-state index is -0.970. The van der Waals surface area contributed by atoms with Crippen LogP contribution in [0.4, 0.5) is 5.69 Å². The first-order valence-corrected chi connectivity index (χ1v) is 9.59. The van der Waals surface area contributed by atoms with Gasteiger partial charge in [-0.25, -0.2) is 4.79 Å². The zero-order chi connectivity index (χ0) is 20.1. The van der Waals surface area contributed by atoms with Crippen LogP contribution in [-0.4, -0.2) is 26.1 Å². The molecule has 0 bridgehead atoms. The summed E-state index contributed by atoms with van der Waals surface area (Å²) in [5, 5.41) is 2.46. The summed E-state index contributed by atoms with van der Waals surface area (Å²) in [6.07, 6.45) is 0. The molecule has 0 saturated carbocycles. The van der Waals surface area contributed by atoms with Gasteiger partial charge in [-0.2, -0.15) is 0 Å². The number of ether oxygens (including phenoxy) is 3. The summed E-state index contributed by atoms with van der Waals surface area (Å²) in [4.78, 5) is 22.9. The van der Waals surface area contributed by atoms with Gasteiger partial charge in [0, 0.05) is 11.3 Å². The Morgan fingerprint density at radius 2 is 1.67 bits per heavy atom. The number of amides is 1. The fraction of sp³-hybridized carbons (Fsp3) is 0.263. The molecule has 144 valence electrons. The Morgan fingerprint density at radius 3 is 2.19 bits per heavy atom. The number of carbonyl (C=O) groups excluding carboxylic acids is 2. The van der Waals surface area contributed by atoms with Crippen LogP contribution in [0.2, 0.25) is 0 Å². The van der Waals surface area contributed by atoms with Crippen molar-refractivity contribution in [1.29, 1.82) is 0 Å². The highest BCUT2D eigenvalue weighted by molar-refractivity contribution is 9.11. The Balaban J connectivity index is 2.29. The normalized spacial score (nSPS) is 10.5. The van der Waals surface area contributed by atoms with Gasteiger partial charge in [-0.3, -0.25) is 4.79 Å². The van der Waals surface area contributed by atoms with Crippen molar-refractivity contribution in [3.8, 4) is 17.2 Å². The van der Waals surface area contributed by atoms with E-state index in [0.29, 0.717) is 26.1 Å². The number of esters is 1. The van der Waals surface area contributed by atoms with Crippen LogP contribution in [0.5, 0.6) is 17.2 Å². The predicted octanol–water partition coefficient (Wildman–Crippen LogP) is 5.25. The largest absolute Gasteiger partial charge is 0.496 e. The van der Waals surface area contributed by atoms with E-state index in [9.17, 15) is 9.59 Å². The lowest BCUT2D eigenvalue weighted by Gasteiger charge is -2.16. The summed E-state index contributed by atoms with van der Waals surface area (Å²) in [5.74, 6) is 0.421. The summed E-state index contributed by atoms with van der Waals surface area (Å²) in [6, 6.07) is 8.87. The smallest absolute Gasteiger partial charge is 0.396 e. The second-order valence-corrected chi connectivity index (χ2v) is 7.58. The average Bonchev–Trinajstić information content (AvgIpc) is 2.63. The molecule has 0 unspecified atom stereocenters. The van der Waals surface area contributed by atoms with E-state index in [4.69, 9.17) is 9.47 Å². The van der Waals surface area contributed by atoms with Gasteiger partial charge in [0.15, 0.2) is 5.75 Å². The summed E-state index contributed by atoms with van der Waals surface area (Å²) < 4.78 is 17.0. The van der Waals surface area contributed by atoms with Crippen molar-refractivity contribution in [2.75, 3.05) is 19.5 Å². The molecule has 0 aliphatic rings. The third kappa shape index (κ3) is 5.23. The van der Waals surface area contributed by atoms with Crippen molar-refractivity contribution in [2.45, 2.75) is 19.8 Å². The lowest BCUT2D eigenvalue weighted by molar-refractivity contribution is -0.150. The predicted molar refractivity (Wildman–Crippen MR) is 110 cm³/mol. The summed E-state index contributed by atoms with van der Waals surface area (Å²) in [7, 11) is 2.78. The molecule has 2 rings (SSSR count). The Morgan fingerprint density at radius 1 is 1.04 bits per heavy atom. The van der Waals surface area contributed by atoms with Crippen LogP contribution in [0.25, 0.3) is 0 Å². The van der Waals surface area contributed by atoms with Crippen molar-refractivity contribution in [1.82, 2.24) is 0 Å². The second kappa shape index (κ2) is 9.23. The average molecular weight is 501 g/mol. The van der Waals surface area contributed by atoms with Gasteiger partial charge in [-0.05, 0) is 68.1 Å². The Labute approximate surface area is 174 Å². The maximum absolute atomic E-state index is 11.6. The molecule has 6 nitrogen and oxygen atoms in total. The van der Waals surface area contributed by atoms with E-state index in [1.165, 1.54) is 0 Å². The molecule has 8 heteroatoms. The summed E-state index contributed by atoms with van der Waals surface area (Å²) in [5.41, 5.74) is 1.44. The van der Waals surface area contributed by atoms with Gasteiger partial charge < -0.3 is 19.5 Å². The van der Waals surface area contributed by atoms with Crippen molar-refractivity contribution in [3.05, 3.63) is 44.8 Å². The Bertz CT molecular complexity index is 844. The molecule has 0 atom stereocenters. The van der Waals surface area contributed by atoms with Gasteiger partial charge in [0.2, 0.25) is 0 Å². The van der Waals surface area contributed by atoms with E-state index >= 15 is 0 Å². The molecule has 0 spiro atoms. The minimum Gasteiger partial charge on any atom is -0.496 e. The standard InChI is InChI=1S/C19H19Br2NO5/c1-10(2)13-9-12(5-6-16(13)25-3)27-17-14(20)7-11(8-15(17)21)22-18(23)19(24)26-4/h5-10H,1-4H3,(H,22,23). The maximum atomic E-state index is 11.6. The van der Waals surface area contributed by atoms with Crippen LogP contribution in [0.15, 0.2) is 39.3 Å². The molecule has 1 N–H and O–H groups in total. The molecule has 27 heavy (non-hydrogen) atoms. The van der Waals surface area contributed by atoms with Gasteiger partial charge in [0.05, 0.1) is 23.2 Å². The van der Waals surface area contributed by atoms with E-state index in [2.05, 4.69) is 55.8 Å². The van der Waals surface area contributed by atoms with E-state index in [1.54, 1.807) is 19.2 Å². The summed E-state index contributed by atoms with van der Waals surface area (Å²) >= 11 is 6.86. The minimum absolute atomic E-state index is 0.270. The maximum Gasteiger partial charge on any atom is 0.396 e.